The molecule has 0 unspecified atom stereocenters. The third-order valence-corrected chi connectivity index (χ3v) is 7.03. The Morgan fingerprint density at radius 1 is 1.03 bits per heavy atom. The van der Waals surface area contributed by atoms with Crippen molar-refractivity contribution in [2.45, 2.75) is 38.2 Å². The molecule has 0 aliphatic carbocycles. The summed E-state index contributed by atoms with van der Waals surface area (Å²) in [6.07, 6.45) is 0.464. The van der Waals surface area contributed by atoms with Crippen LogP contribution < -0.4 is 0 Å². The molecular formula is C22H26FNO4S. The summed E-state index contributed by atoms with van der Waals surface area (Å²) < 4.78 is 45.8. The third-order valence-electron chi connectivity index (χ3n) is 5.19. The number of benzene rings is 2. The number of hydrogen-bond acceptors (Lipinski definition) is 4. The van der Waals surface area contributed by atoms with Crippen LogP contribution in [0.15, 0.2) is 53.4 Å². The molecular weight excluding hydrogens is 393 g/mol. The number of carbonyl (C=O) groups excluding carboxylic acids is 1. The number of sulfonamides is 1. The fraction of sp³-hybridized carbons (Fsp3) is 0.409. The summed E-state index contributed by atoms with van der Waals surface area (Å²) in [5.74, 6) is -0.293. The Kier molecular flexibility index (Phi) is 6.39. The normalized spacial score (nSPS) is 21.5. The van der Waals surface area contributed by atoms with Gasteiger partial charge in [0.25, 0.3) is 0 Å². The van der Waals surface area contributed by atoms with Gasteiger partial charge in [-0.15, -0.1) is 0 Å². The van der Waals surface area contributed by atoms with E-state index in [9.17, 15) is 17.6 Å². The first-order valence-electron chi connectivity index (χ1n) is 9.73. The number of halogens is 1. The van der Waals surface area contributed by atoms with E-state index in [0.717, 1.165) is 6.42 Å². The van der Waals surface area contributed by atoms with E-state index < -0.39 is 22.1 Å². The highest BCUT2D eigenvalue weighted by atomic mass is 32.2. The number of ether oxygens (including phenoxy) is 1. The van der Waals surface area contributed by atoms with E-state index in [1.54, 1.807) is 19.1 Å². The summed E-state index contributed by atoms with van der Waals surface area (Å²) in [7, 11) is -3.59. The van der Waals surface area contributed by atoms with Gasteiger partial charge in [0.15, 0.2) is 0 Å². The van der Waals surface area contributed by atoms with Gasteiger partial charge < -0.3 is 4.74 Å². The highest BCUT2D eigenvalue weighted by molar-refractivity contribution is 7.89. The van der Waals surface area contributed by atoms with Crippen molar-refractivity contribution in [1.82, 2.24) is 4.31 Å². The van der Waals surface area contributed by atoms with E-state index in [-0.39, 0.29) is 16.3 Å². The zero-order valence-electron chi connectivity index (χ0n) is 16.8. The molecule has 1 heterocycles. The molecule has 1 fully saturated rings. The van der Waals surface area contributed by atoms with Crippen LogP contribution in [0.3, 0.4) is 0 Å². The average Bonchev–Trinajstić information content (AvgIpc) is 2.67. The monoisotopic (exact) mass is 419 g/mol. The van der Waals surface area contributed by atoms with Crippen LogP contribution in [0.2, 0.25) is 0 Å². The molecule has 0 amide bonds. The predicted octanol–water partition coefficient (Wildman–Crippen LogP) is 4.41. The minimum Gasteiger partial charge on any atom is -0.454 e. The van der Waals surface area contributed by atoms with Crippen molar-refractivity contribution in [3.63, 3.8) is 0 Å². The summed E-state index contributed by atoms with van der Waals surface area (Å²) in [4.78, 5) is 12.6. The smallest absolute Gasteiger partial charge is 0.338 e. The molecule has 0 radical (unpaired) electrons. The molecule has 29 heavy (non-hydrogen) atoms. The summed E-state index contributed by atoms with van der Waals surface area (Å²) in [5.41, 5.74) is 0.936. The van der Waals surface area contributed by atoms with Gasteiger partial charge >= 0.3 is 5.97 Å². The van der Waals surface area contributed by atoms with Gasteiger partial charge in [-0.3, -0.25) is 0 Å². The summed E-state index contributed by atoms with van der Waals surface area (Å²) in [6.45, 7) is 6.82. The van der Waals surface area contributed by atoms with Crippen LogP contribution in [0.25, 0.3) is 0 Å². The molecule has 156 valence electrons. The largest absolute Gasteiger partial charge is 0.454 e. The maximum Gasteiger partial charge on any atom is 0.338 e. The van der Waals surface area contributed by atoms with Gasteiger partial charge in [-0.2, -0.15) is 4.31 Å². The molecule has 0 saturated carbocycles. The van der Waals surface area contributed by atoms with Gasteiger partial charge in [-0.1, -0.05) is 26.0 Å². The van der Waals surface area contributed by atoms with Crippen molar-refractivity contribution >= 4 is 16.0 Å². The van der Waals surface area contributed by atoms with E-state index in [2.05, 4.69) is 13.8 Å². The first-order valence-corrected chi connectivity index (χ1v) is 11.2. The number of carbonyl (C=O) groups is 1. The number of hydrogen-bond donors (Lipinski definition) is 0. The van der Waals surface area contributed by atoms with E-state index in [1.807, 2.05) is 0 Å². The van der Waals surface area contributed by atoms with Crippen molar-refractivity contribution in [3.05, 3.63) is 65.5 Å². The maximum atomic E-state index is 13.0. The van der Waals surface area contributed by atoms with Crippen molar-refractivity contribution in [3.8, 4) is 0 Å². The van der Waals surface area contributed by atoms with Crippen LogP contribution in [-0.2, 0) is 14.8 Å². The lowest BCUT2D eigenvalue weighted by molar-refractivity contribution is 0.0337. The highest BCUT2D eigenvalue weighted by Crippen LogP contribution is 2.27. The van der Waals surface area contributed by atoms with E-state index in [4.69, 9.17) is 4.74 Å². The Labute approximate surface area is 171 Å². The maximum absolute atomic E-state index is 13.0. The van der Waals surface area contributed by atoms with Crippen LogP contribution in [0.4, 0.5) is 4.39 Å². The molecule has 3 atom stereocenters. The van der Waals surface area contributed by atoms with E-state index in [0.29, 0.717) is 30.5 Å². The summed E-state index contributed by atoms with van der Waals surface area (Å²) in [5, 5.41) is 0. The fourth-order valence-electron chi connectivity index (χ4n) is 3.74. The molecule has 2 aromatic carbocycles. The molecule has 0 N–H and O–H groups in total. The fourth-order valence-corrected chi connectivity index (χ4v) is 5.42. The standard InChI is InChI=1S/C22H26FNO4S/c1-15-12-16(2)14-24(13-15)29(26,27)21-10-6-19(7-11-21)22(25)28-17(3)18-4-8-20(23)9-5-18/h4-11,15-17H,12-14H2,1-3H3/t15-,16-,17+/m1/s1. The molecule has 1 aliphatic rings. The number of rotatable bonds is 5. The van der Waals surface area contributed by atoms with Crippen molar-refractivity contribution in [1.29, 1.82) is 0 Å². The Morgan fingerprint density at radius 3 is 2.14 bits per heavy atom. The second-order valence-corrected chi connectivity index (χ2v) is 9.83. The van der Waals surface area contributed by atoms with Gasteiger partial charge in [-0.05, 0) is 67.1 Å². The van der Waals surface area contributed by atoms with Gasteiger partial charge in [0, 0.05) is 13.1 Å². The number of nitrogens with zero attached hydrogens (tertiary/aromatic N) is 1. The number of esters is 1. The molecule has 7 heteroatoms. The Hall–Kier alpha value is -2.25. The second kappa shape index (κ2) is 8.63. The molecule has 3 rings (SSSR count). The number of piperidine rings is 1. The Morgan fingerprint density at radius 2 is 1.59 bits per heavy atom. The third kappa shape index (κ3) is 5.03. The van der Waals surface area contributed by atoms with Crippen LogP contribution in [0, 0.1) is 17.7 Å². The Balaban J connectivity index is 1.70. The lowest BCUT2D eigenvalue weighted by atomic mass is 9.94. The summed E-state index contributed by atoms with van der Waals surface area (Å²) >= 11 is 0. The first-order chi connectivity index (χ1) is 13.7. The van der Waals surface area contributed by atoms with Gasteiger partial charge in [0.05, 0.1) is 10.5 Å². The molecule has 0 spiro atoms. The molecule has 1 saturated heterocycles. The predicted molar refractivity (Wildman–Crippen MR) is 108 cm³/mol. The highest BCUT2D eigenvalue weighted by Gasteiger charge is 2.31. The van der Waals surface area contributed by atoms with E-state index in [1.165, 1.54) is 40.7 Å². The SMILES string of the molecule is C[C@@H]1C[C@@H](C)CN(S(=O)(=O)c2ccc(C(=O)O[C@@H](C)c3ccc(F)cc3)cc2)C1. The molecule has 0 aromatic heterocycles. The van der Waals surface area contributed by atoms with Crippen LogP contribution in [0.5, 0.6) is 0 Å². The van der Waals surface area contributed by atoms with Crippen LogP contribution in [0.1, 0.15) is 49.2 Å². The minimum atomic E-state index is -3.59. The summed E-state index contributed by atoms with van der Waals surface area (Å²) in [6, 6.07) is 11.5. The first kappa shape index (κ1) is 21.5. The molecule has 5 nitrogen and oxygen atoms in total. The zero-order valence-corrected chi connectivity index (χ0v) is 17.7. The lowest BCUT2D eigenvalue weighted by Crippen LogP contribution is -2.42. The quantitative estimate of drug-likeness (QED) is 0.674. The lowest BCUT2D eigenvalue weighted by Gasteiger charge is -2.34. The van der Waals surface area contributed by atoms with Gasteiger partial charge in [0.2, 0.25) is 10.0 Å². The van der Waals surface area contributed by atoms with Crippen molar-refractivity contribution < 1.29 is 22.3 Å². The second-order valence-electron chi connectivity index (χ2n) is 7.89. The Bertz CT molecular complexity index is 947. The minimum absolute atomic E-state index is 0.168. The average molecular weight is 420 g/mol. The van der Waals surface area contributed by atoms with Crippen molar-refractivity contribution in [2.24, 2.45) is 11.8 Å². The van der Waals surface area contributed by atoms with Gasteiger partial charge in [-0.25, -0.2) is 17.6 Å². The zero-order chi connectivity index (χ0) is 21.2. The molecule has 1 aliphatic heterocycles. The topological polar surface area (TPSA) is 63.7 Å². The molecule has 0 bridgehead atoms. The van der Waals surface area contributed by atoms with E-state index >= 15 is 0 Å². The van der Waals surface area contributed by atoms with Crippen LogP contribution >= 0.6 is 0 Å². The molecule has 2 aromatic rings. The van der Waals surface area contributed by atoms with Gasteiger partial charge in [0.1, 0.15) is 11.9 Å². The van der Waals surface area contributed by atoms with Crippen LogP contribution in [-0.4, -0.2) is 31.8 Å². The van der Waals surface area contributed by atoms with Crippen molar-refractivity contribution in [2.75, 3.05) is 13.1 Å².